The zero-order valence-electron chi connectivity index (χ0n) is 11.1. The van der Waals surface area contributed by atoms with Crippen molar-refractivity contribution in [3.63, 3.8) is 0 Å². The average molecular weight is 239 g/mol. The summed E-state index contributed by atoms with van der Waals surface area (Å²) in [6, 6.07) is -0.162. The first-order valence-corrected chi connectivity index (χ1v) is 6.82. The molecule has 0 spiro atoms. The maximum atomic E-state index is 5.65. The SMILES string of the molecule is CCCCCCCCCc1nnc(C(C)N)o1. The van der Waals surface area contributed by atoms with Crippen LogP contribution in [0.15, 0.2) is 4.42 Å². The Morgan fingerprint density at radius 2 is 1.71 bits per heavy atom. The molecule has 1 aromatic heterocycles. The number of aryl methyl sites for hydroxylation is 1. The third-order valence-electron chi connectivity index (χ3n) is 2.87. The lowest BCUT2D eigenvalue weighted by atomic mass is 10.1. The highest BCUT2D eigenvalue weighted by atomic mass is 16.4. The molecule has 2 N–H and O–H groups in total. The Kier molecular flexibility index (Phi) is 6.86. The van der Waals surface area contributed by atoms with Crippen molar-refractivity contribution >= 4 is 0 Å². The Labute approximate surface area is 104 Å². The summed E-state index contributed by atoms with van der Waals surface area (Å²) < 4.78 is 5.44. The van der Waals surface area contributed by atoms with Gasteiger partial charge in [0.2, 0.25) is 11.8 Å². The number of nitrogens with zero attached hydrogens (tertiary/aromatic N) is 2. The molecule has 0 radical (unpaired) electrons. The van der Waals surface area contributed by atoms with Crippen LogP contribution in [0.5, 0.6) is 0 Å². The smallest absolute Gasteiger partial charge is 0.232 e. The van der Waals surface area contributed by atoms with Crippen molar-refractivity contribution in [2.45, 2.75) is 71.3 Å². The molecule has 1 unspecified atom stereocenters. The summed E-state index contributed by atoms with van der Waals surface area (Å²) in [7, 11) is 0. The van der Waals surface area contributed by atoms with E-state index >= 15 is 0 Å². The minimum absolute atomic E-state index is 0.162. The first kappa shape index (κ1) is 14.2. The number of rotatable bonds is 9. The lowest BCUT2D eigenvalue weighted by molar-refractivity contribution is 0.419. The van der Waals surface area contributed by atoms with Crippen LogP contribution in [0.4, 0.5) is 0 Å². The second kappa shape index (κ2) is 8.23. The van der Waals surface area contributed by atoms with Crippen molar-refractivity contribution in [2.24, 2.45) is 5.73 Å². The third kappa shape index (κ3) is 5.82. The van der Waals surface area contributed by atoms with Crippen LogP contribution in [-0.2, 0) is 6.42 Å². The normalized spacial score (nSPS) is 12.9. The van der Waals surface area contributed by atoms with E-state index in [-0.39, 0.29) is 6.04 Å². The molecule has 1 rings (SSSR count). The molecule has 0 aliphatic rings. The second-order valence-corrected chi connectivity index (χ2v) is 4.69. The topological polar surface area (TPSA) is 64.9 Å². The van der Waals surface area contributed by atoms with Crippen molar-refractivity contribution in [1.29, 1.82) is 0 Å². The van der Waals surface area contributed by atoms with Crippen molar-refractivity contribution in [2.75, 3.05) is 0 Å². The number of nitrogens with two attached hydrogens (primary N) is 1. The number of aromatic nitrogens is 2. The maximum absolute atomic E-state index is 5.65. The van der Waals surface area contributed by atoms with Gasteiger partial charge in [-0.3, -0.25) is 0 Å². The van der Waals surface area contributed by atoms with Gasteiger partial charge >= 0.3 is 0 Å². The predicted molar refractivity (Wildman–Crippen MR) is 68.6 cm³/mol. The minimum Gasteiger partial charge on any atom is -0.424 e. The van der Waals surface area contributed by atoms with Gasteiger partial charge in [0.15, 0.2) is 0 Å². The van der Waals surface area contributed by atoms with Crippen LogP contribution in [-0.4, -0.2) is 10.2 Å². The average Bonchev–Trinajstić information content (AvgIpc) is 2.77. The van der Waals surface area contributed by atoms with E-state index in [9.17, 15) is 0 Å². The van der Waals surface area contributed by atoms with Crippen LogP contribution in [0.1, 0.15) is 76.6 Å². The van der Waals surface area contributed by atoms with E-state index in [0.29, 0.717) is 5.89 Å². The molecule has 0 aromatic carbocycles. The molecule has 0 aliphatic carbocycles. The van der Waals surface area contributed by atoms with Crippen LogP contribution in [0.3, 0.4) is 0 Å². The summed E-state index contributed by atoms with van der Waals surface area (Å²) in [5, 5.41) is 7.90. The molecule has 0 bridgehead atoms. The van der Waals surface area contributed by atoms with Gasteiger partial charge in [-0.05, 0) is 13.3 Å². The molecule has 17 heavy (non-hydrogen) atoms. The van der Waals surface area contributed by atoms with Crippen molar-refractivity contribution in [1.82, 2.24) is 10.2 Å². The van der Waals surface area contributed by atoms with Gasteiger partial charge in [0, 0.05) is 6.42 Å². The third-order valence-corrected chi connectivity index (χ3v) is 2.87. The summed E-state index contributed by atoms with van der Waals surface area (Å²) in [4.78, 5) is 0. The van der Waals surface area contributed by atoms with Crippen LogP contribution < -0.4 is 5.73 Å². The molecular formula is C13H25N3O. The standard InChI is InChI=1S/C13H25N3O/c1-3-4-5-6-7-8-9-10-12-15-16-13(17-12)11(2)14/h11H,3-10,14H2,1-2H3. The lowest BCUT2D eigenvalue weighted by Crippen LogP contribution is -2.04. The molecule has 0 aliphatic heterocycles. The second-order valence-electron chi connectivity index (χ2n) is 4.69. The molecule has 0 saturated heterocycles. The summed E-state index contributed by atoms with van der Waals surface area (Å²) in [5.74, 6) is 1.27. The first-order valence-electron chi connectivity index (χ1n) is 6.82. The zero-order valence-corrected chi connectivity index (χ0v) is 11.1. The molecule has 0 fully saturated rings. The summed E-state index contributed by atoms with van der Waals surface area (Å²) in [6.45, 7) is 4.09. The Hall–Kier alpha value is -0.900. The van der Waals surface area contributed by atoms with Gasteiger partial charge in [0.05, 0.1) is 6.04 Å². The molecule has 0 saturated carbocycles. The van der Waals surface area contributed by atoms with Crippen LogP contribution in [0.25, 0.3) is 0 Å². The molecule has 0 amide bonds. The van der Waals surface area contributed by atoms with E-state index in [1.54, 1.807) is 0 Å². The van der Waals surface area contributed by atoms with Gasteiger partial charge in [-0.15, -0.1) is 10.2 Å². The van der Waals surface area contributed by atoms with Crippen LogP contribution >= 0.6 is 0 Å². The summed E-state index contributed by atoms with van der Waals surface area (Å²) in [5.41, 5.74) is 5.65. The summed E-state index contributed by atoms with van der Waals surface area (Å²) in [6.07, 6.45) is 9.96. The first-order chi connectivity index (χ1) is 8.24. The van der Waals surface area contributed by atoms with E-state index in [1.165, 1.54) is 38.5 Å². The Bertz CT molecular complexity index is 297. The molecular weight excluding hydrogens is 214 g/mol. The van der Waals surface area contributed by atoms with E-state index in [0.717, 1.165) is 18.7 Å². The van der Waals surface area contributed by atoms with Crippen molar-refractivity contribution < 1.29 is 4.42 Å². The lowest BCUT2D eigenvalue weighted by Gasteiger charge is -1.99. The van der Waals surface area contributed by atoms with Gasteiger partial charge < -0.3 is 10.2 Å². The van der Waals surface area contributed by atoms with E-state index in [4.69, 9.17) is 10.2 Å². The number of hydrogen-bond donors (Lipinski definition) is 1. The molecule has 98 valence electrons. The van der Waals surface area contributed by atoms with Gasteiger partial charge in [-0.2, -0.15) is 0 Å². The fraction of sp³-hybridized carbons (Fsp3) is 0.846. The molecule has 1 atom stereocenters. The van der Waals surface area contributed by atoms with E-state index in [2.05, 4.69) is 17.1 Å². The molecule has 4 nitrogen and oxygen atoms in total. The minimum atomic E-state index is -0.162. The van der Waals surface area contributed by atoms with Crippen molar-refractivity contribution in [3.8, 4) is 0 Å². The summed E-state index contributed by atoms with van der Waals surface area (Å²) >= 11 is 0. The van der Waals surface area contributed by atoms with Crippen LogP contribution in [0, 0.1) is 0 Å². The zero-order chi connectivity index (χ0) is 12.5. The van der Waals surface area contributed by atoms with Gasteiger partial charge in [-0.25, -0.2) is 0 Å². The van der Waals surface area contributed by atoms with E-state index in [1.807, 2.05) is 6.92 Å². The van der Waals surface area contributed by atoms with Gasteiger partial charge in [0.1, 0.15) is 0 Å². The van der Waals surface area contributed by atoms with Crippen LogP contribution in [0.2, 0.25) is 0 Å². The highest BCUT2D eigenvalue weighted by Crippen LogP contribution is 2.12. The Morgan fingerprint density at radius 3 is 2.29 bits per heavy atom. The molecule has 4 heteroatoms. The van der Waals surface area contributed by atoms with Crippen molar-refractivity contribution in [3.05, 3.63) is 11.8 Å². The van der Waals surface area contributed by atoms with Gasteiger partial charge in [0.25, 0.3) is 0 Å². The largest absolute Gasteiger partial charge is 0.424 e. The quantitative estimate of drug-likeness (QED) is 0.671. The molecule has 1 heterocycles. The number of unbranched alkanes of at least 4 members (excludes halogenated alkanes) is 6. The molecule has 1 aromatic rings. The van der Waals surface area contributed by atoms with E-state index < -0.39 is 0 Å². The van der Waals surface area contributed by atoms with Gasteiger partial charge in [-0.1, -0.05) is 45.4 Å². The Morgan fingerprint density at radius 1 is 1.06 bits per heavy atom. The fourth-order valence-electron chi connectivity index (χ4n) is 1.78. The number of hydrogen-bond acceptors (Lipinski definition) is 4. The highest BCUT2D eigenvalue weighted by molar-refractivity contribution is 4.86. The highest BCUT2D eigenvalue weighted by Gasteiger charge is 2.08. The fourth-order valence-corrected chi connectivity index (χ4v) is 1.78. The predicted octanol–water partition coefficient (Wildman–Crippen LogP) is 3.38. The monoisotopic (exact) mass is 239 g/mol. The maximum Gasteiger partial charge on any atom is 0.232 e. The Balaban J connectivity index is 2.05.